The van der Waals surface area contributed by atoms with Gasteiger partial charge in [0.2, 0.25) is 0 Å². The molecule has 0 spiro atoms. The summed E-state index contributed by atoms with van der Waals surface area (Å²) < 4.78 is 98.1. The van der Waals surface area contributed by atoms with Gasteiger partial charge in [-0.3, -0.25) is 9.97 Å². The highest BCUT2D eigenvalue weighted by atomic mass is 31.2. The molecule has 0 aliphatic carbocycles. The fourth-order valence-corrected chi connectivity index (χ4v) is 6.61. The van der Waals surface area contributed by atoms with Crippen molar-refractivity contribution in [3.8, 4) is 34.0 Å². The molecule has 0 saturated carbocycles. The number of fused-ring (bicyclic) bond motifs is 2. The molecule has 4 aromatic carbocycles. The number of nitrogens with zero attached hydrogens (tertiary/aromatic N) is 7. The molecular weight excluding hydrogens is 878 g/mol. The van der Waals surface area contributed by atoms with Crippen molar-refractivity contribution < 1.29 is 49.9 Å². The minimum Gasteiger partial charge on any atom is -0.478 e. The number of benzene rings is 4. The van der Waals surface area contributed by atoms with Crippen molar-refractivity contribution in [3.63, 3.8) is 0 Å². The summed E-state index contributed by atoms with van der Waals surface area (Å²) >= 11 is 0. The molecule has 13 nitrogen and oxygen atoms in total. The highest BCUT2D eigenvalue weighted by Gasteiger charge is 2.31. The molecule has 334 valence electrons. The maximum absolute atomic E-state index is 12.6. The van der Waals surface area contributed by atoms with Crippen LogP contribution in [-0.2, 0) is 16.9 Å². The summed E-state index contributed by atoms with van der Waals surface area (Å²) in [5, 5.41) is 10.4. The van der Waals surface area contributed by atoms with Gasteiger partial charge in [0.15, 0.2) is 0 Å². The lowest BCUT2D eigenvalue weighted by Gasteiger charge is -2.14. The Kier molecular flexibility index (Phi) is 16.3. The number of hydrogen-bond acceptors (Lipinski definition) is 9. The molecule has 0 saturated heterocycles. The lowest BCUT2D eigenvalue weighted by atomic mass is 10.0. The number of pyridine rings is 4. The molecule has 0 radical (unpaired) electrons. The van der Waals surface area contributed by atoms with Gasteiger partial charge in [0, 0.05) is 62.2 Å². The van der Waals surface area contributed by atoms with E-state index in [-0.39, 0.29) is 26.1 Å². The second-order valence-corrected chi connectivity index (χ2v) is 14.3. The lowest BCUT2D eigenvalue weighted by Crippen LogP contribution is -2.04. The summed E-state index contributed by atoms with van der Waals surface area (Å²) in [6.45, 7) is 0. The van der Waals surface area contributed by atoms with Crippen LogP contribution in [0.3, 0.4) is 0 Å². The van der Waals surface area contributed by atoms with E-state index in [9.17, 15) is 40.8 Å². The van der Waals surface area contributed by atoms with Crippen LogP contribution >= 0.6 is 7.75 Å². The predicted molar refractivity (Wildman–Crippen MR) is 236 cm³/mol. The third kappa shape index (κ3) is 13.0. The Morgan fingerprint density at radius 3 is 1.48 bits per heavy atom. The van der Waals surface area contributed by atoms with Crippen molar-refractivity contribution in [1.82, 2.24) is 19.9 Å². The average Bonchev–Trinajstić information content (AvgIpc) is 3.26. The Balaban J connectivity index is 0.000000211. The summed E-state index contributed by atoms with van der Waals surface area (Å²) in [5.74, 6) is -0.554. The van der Waals surface area contributed by atoms with Crippen LogP contribution in [-0.4, -0.2) is 31.0 Å². The molecule has 0 atom stereocenters. The zero-order valence-electron chi connectivity index (χ0n) is 32.0. The molecule has 0 unspecified atom stereocenters. The van der Waals surface area contributed by atoms with E-state index in [0.717, 1.165) is 24.3 Å². The first kappa shape index (κ1) is 49.6. The normalized spacial score (nSPS) is 10.9. The minimum absolute atomic E-state index is 0. The van der Waals surface area contributed by atoms with Gasteiger partial charge >= 0.3 is 26.1 Å². The highest BCUT2D eigenvalue weighted by Crippen LogP contribution is 2.50. The van der Waals surface area contributed by atoms with Gasteiger partial charge in [-0.1, -0.05) is 75.5 Å². The van der Waals surface area contributed by atoms with E-state index in [4.69, 9.17) is 20.3 Å². The molecule has 65 heavy (non-hydrogen) atoms. The number of alkyl halides is 6. The maximum atomic E-state index is 12.6. The fourth-order valence-electron chi connectivity index (χ4n) is 5.63. The molecule has 4 heterocycles. The van der Waals surface area contributed by atoms with Crippen LogP contribution in [0.25, 0.3) is 54.8 Å². The van der Waals surface area contributed by atoms with E-state index in [1.807, 2.05) is 0 Å². The smallest absolute Gasteiger partial charge is 0.478 e. The summed E-state index contributed by atoms with van der Waals surface area (Å²) in [6, 6.07) is 32.2. The number of nitrogens with two attached hydrogens (primary N) is 1. The Labute approximate surface area is 367 Å². The quantitative estimate of drug-likeness (QED) is 0.0486. The van der Waals surface area contributed by atoms with Crippen molar-refractivity contribution in [2.45, 2.75) is 27.2 Å². The van der Waals surface area contributed by atoms with Crippen molar-refractivity contribution in [2.24, 2.45) is 4.88 Å². The SMILES string of the molecule is C.C.Nc1cc(-c2ccc(C(F)(F)F)cc2)nc2ccncc12.O=C(O)c1cc(-c2ccc(C(F)(F)F)cc2)nc2ccncc12.[N-]=[N+]=NP(=O)(Oc1ccccc1)Oc1ccccc1. The van der Waals surface area contributed by atoms with Crippen molar-refractivity contribution in [1.29, 1.82) is 0 Å². The summed E-state index contributed by atoms with van der Waals surface area (Å²) in [7, 11) is -3.95. The van der Waals surface area contributed by atoms with Gasteiger partial charge in [0.05, 0.1) is 39.1 Å². The number of rotatable bonds is 8. The Bertz CT molecular complexity index is 2910. The van der Waals surface area contributed by atoms with Crippen LogP contribution in [0.15, 0.2) is 163 Å². The fraction of sp³-hybridized carbons (Fsp3) is 0.0889. The van der Waals surface area contributed by atoms with Crippen LogP contribution in [0.1, 0.15) is 36.3 Å². The van der Waals surface area contributed by atoms with Gasteiger partial charge in [0.25, 0.3) is 0 Å². The summed E-state index contributed by atoms with van der Waals surface area (Å²) in [5.41, 5.74) is 16.3. The molecule has 20 heteroatoms. The number of carboxylic acid groups (broad SMARTS) is 1. The molecule has 8 rings (SSSR count). The summed E-state index contributed by atoms with van der Waals surface area (Å²) in [4.78, 5) is 33.6. The van der Waals surface area contributed by atoms with Crippen molar-refractivity contribution in [3.05, 3.63) is 185 Å². The molecular formula is C45H37F6N8O5P. The van der Waals surface area contributed by atoms with Crippen LogP contribution < -0.4 is 14.8 Å². The Morgan fingerprint density at radius 1 is 0.646 bits per heavy atom. The van der Waals surface area contributed by atoms with Gasteiger partial charge in [-0.25, -0.2) is 19.3 Å². The first-order valence-electron chi connectivity index (χ1n) is 18.0. The third-order valence-electron chi connectivity index (χ3n) is 8.58. The van der Waals surface area contributed by atoms with Gasteiger partial charge in [-0.05, 0) is 78.3 Å². The van der Waals surface area contributed by atoms with Crippen molar-refractivity contribution in [2.75, 3.05) is 5.73 Å². The molecule has 0 aliphatic rings. The molecule has 3 N–H and O–H groups in total. The van der Waals surface area contributed by atoms with Gasteiger partial charge in [-0.15, -0.1) is 0 Å². The number of carbonyl (C=O) groups is 1. The van der Waals surface area contributed by atoms with Crippen LogP contribution in [0.5, 0.6) is 11.5 Å². The average molecular weight is 915 g/mol. The lowest BCUT2D eigenvalue weighted by molar-refractivity contribution is -0.138. The van der Waals surface area contributed by atoms with E-state index in [1.165, 1.54) is 42.7 Å². The van der Waals surface area contributed by atoms with Crippen LogP contribution in [0.2, 0.25) is 0 Å². The van der Waals surface area contributed by atoms with E-state index in [2.05, 4.69) is 29.7 Å². The topological polar surface area (TPSA) is 199 Å². The monoisotopic (exact) mass is 914 g/mol. The zero-order valence-corrected chi connectivity index (χ0v) is 32.9. The Morgan fingerprint density at radius 2 is 1.06 bits per heavy atom. The minimum atomic E-state index is -4.42. The van der Waals surface area contributed by atoms with Crippen molar-refractivity contribution >= 4 is 41.2 Å². The number of azide groups is 1. The maximum Gasteiger partial charge on any atom is 0.525 e. The second kappa shape index (κ2) is 21.4. The van der Waals surface area contributed by atoms with Gasteiger partial charge in [0.1, 0.15) is 11.5 Å². The second-order valence-electron chi connectivity index (χ2n) is 12.8. The molecule has 4 aromatic heterocycles. The van der Waals surface area contributed by atoms with Gasteiger partial charge < -0.3 is 19.9 Å². The third-order valence-corrected chi connectivity index (χ3v) is 9.76. The number of aromatic carboxylic acids is 1. The number of nitrogen functional groups attached to an aromatic ring is 1. The first-order valence-corrected chi connectivity index (χ1v) is 19.5. The number of para-hydroxylation sites is 2. The predicted octanol–water partition coefficient (Wildman–Crippen LogP) is 13.7. The molecule has 0 fully saturated rings. The highest BCUT2D eigenvalue weighted by molar-refractivity contribution is 7.53. The number of aromatic nitrogens is 4. The van der Waals surface area contributed by atoms with E-state index in [1.54, 1.807) is 91.3 Å². The number of anilines is 1. The molecule has 0 amide bonds. The molecule has 0 bridgehead atoms. The standard InChI is InChI=1S/C16H9F3N2O2.C15H10F3N3.C12H10N3O3P.2CH4/c17-16(18,19)10-3-1-9(2-4-10)14-7-11(15(22)23)12-8-20-6-5-13(12)21-14;16-15(17,18)10-3-1-9(2-4-10)14-7-12(19)11-8-20-6-5-13(11)21-14;13-14-15-19(16,17-11-7-3-1-4-8-11)18-12-9-5-2-6-10-12;;/h1-8H,(H,22,23);1-8H,(H2,19,21);1-10H;2*1H4. The largest absolute Gasteiger partial charge is 0.525 e. The first-order chi connectivity index (χ1) is 30.0. The van der Waals surface area contributed by atoms with Crippen LogP contribution in [0.4, 0.5) is 32.0 Å². The number of hydrogen-bond donors (Lipinski definition) is 2. The van der Waals surface area contributed by atoms with E-state index in [0.29, 0.717) is 55.8 Å². The van der Waals surface area contributed by atoms with Gasteiger partial charge in [-0.2, -0.15) is 26.3 Å². The molecule has 8 aromatic rings. The Hall–Kier alpha value is -8.01. The number of halogens is 6. The van der Waals surface area contributed by atoms with E-state index >= 15 is 0 Å². The number of carboxylic acids is 1. The zero-order chi connectivity index (χ0) is 45.2. The van der Waals surface area contributed by atoms with Crippen LogP contribution in [0, 0.1) is 0 Å². The molecule has 0 aliphatic heterocycles. The summed E-state index contributed by atoms with van der Waals surface area (Å²) in [6.07, 6.45) is -2.72. The van der Waals surface area contributed by atoms with E-state index < -0.39 is 37.2 Å².